The monoisotopic (exact) mass is 631 g/mol. The molecule has 0 saturated carbocycles. The topological polar surface area (TPSA) is 111 Å². The number of hydrogen-bond acceptors (Lipinski definition) is 7. The Hall–Kier alpha value is -0.810. The van der Waals surface area contributed by atoms with Crippen molar-refractivity contribution in [3.05, 3.63) is 29.8 Å². The number of nitrogens with one attached hydrogen (secondary N) is 1. The number of aryl methyl sites for hydroxylation is 1. The van der Waals surface area contributed by atoms with Gasteiger partial charge in [-0.15, -0.1) is 0 Å². The van der Waals surface area contributed by atoms with Crippen LogP contribution in [-0.4, -0.2) is 61.5 Å². The summed E-state index contributed by atoms with van der Waals surface area (Å²) in [4.78, 5) is 11.9. The average molecular weight is 633 g/mol. The first-order valence-corrected chi connectivity index (χ1v) is 16.0. The van der Waals surface area contributed by atoms with Gasteiger partial charge >= 0.3 is 6.09 Å². The van der Waals surface area contributed by atoms with E-state index in [2.05, 4.69) is 5.32 Å². The first-order valence-electron chi connectivity index (χ1n) is 13.5. The molecule has 1 rings (SSSR count). The van der Waals surface area contributed by atoms with Crippen molar-refractivity contribution in [2.24, 2.45) is 0 Å². The minimum absolute atomic E-state index is 0.0348. The smallest absolute Gasteiger partial charge is 0.407 e. The highest BCUT2D eigenvalue weighted by Gasteiger charge is 2.44. The lowest BCUT2D eigenvalue weighted by Crippen LogP contribution is -2.44. The van der Waals surface area contributed by atoms with Gasteiger partial charge < -0.3 is 19.9 Å². The molecule has 1 aromatic carbocycles. The van der Waals surface area contributed by atoms with Gasteiger partial charge in [0.15, 0.2) is 5.60 Å². The number of halogens is 3. The van der Waals surface area contributed by atoms with Gasteiger partial charge in [-0.1, -0.05) is 104 Å². The van der Waals surface area contributed by atoms with E-state index in [1.54, 1.807) is 26.0 Å². The van der Waals surface area contributed by atoms with Gasteiger partial charge in [0.05, 0.1) is 18.1 Å². The Kier molecular flexibility index (Phi) is 17.3. The summed E-state index contributed by atoms with van der Waals surface area (Å²) in [6.45, 7) is 5.69. The number of rotatable bonds is 20. The molecule has 0 unspecified atom stereocenters. The third kappa shape index (κ3) is 16.3. The molecular weight excluding hydrogens is 589 g/mol. The highest BCUT2D eigenvalue weighted by atomic mass is 35.6. The summed E-state index contributed by atoms with van der Waals surface area (Å²) in [5.74, 6) is 0. The van der Waals surface area contributed by atoms with Gasteiger partial charge in [0, 0.05) is 13.2 Å². The second-order valence-corrected chi connectivity index (χ2v) is 14.0. The lowest BCUT2D eigenvalue weighted by atomic mass is 10.1. The number of amides is 1. The van der Waals surface area contributed by atoms with Gasteiger partial charge in [-0.25, -0.2) is 4.79 Å². The fourth-order valence-corrected chi connectivity index (χ4v) is 4.53. The van der Waals surface area contributed by atoms with Gasteiger partial charge in [0.1, 0.15) is 6.10 Å². The number of hydrogen-bond donors (Lipinski definition) is 2. The third-order valence-electron chi connectivity index (χ3n) is 6.05. The molecule has 12 heteroatoms. The first-order chi connectivity index (χ1) is 18.2. The molecule has 0 saturated heterocycles. The summed E-state index contributed by atoms with van der Waals surface area (Å²) in [7, 11) is -3.89. The zero-order valence-corrected chi connectivity index (χ0v) is 26.3. The molecule has 1 aromatic rings. The molecule has 0 fully saturated rings. The maximum atomic E-state index is 12.1. The van der Waals surface area contributed by atoms with Crippen LogP contribution in [0.4, 0.5) is 4.79 Å². The van der Waals surface area contributed by atoms with Crippen LogP contribution in [0.5, 0.6) is 0 Å². The molecule has 0 bridgehead atoms. The SMILES string of the molecule is Cc1ccc(S(=O)(=O)OC[C@H](O)COCCCCCCCCCCCCNC(=O)OC(C)(C)C(Cl)(Cl)Cl)cc1. The summed E-state index contributed by atoms with van der Waals surface area (Å²) in [6.07, 6.45) is 9.17. The van der Waals surface area contributed by atoms with Crippen LogP contribution in [-0.2, 0) is 23.8 Å². The summed E-state index contributed by atoms with van der Waals surface area (Å²) in [6, 6.07) is 6.35. The Morgan fingerprint density at radius 1 is 0.897 bits per heavy atom. The molecule has 0 aliphatic carbocycles. The van der Waals surface area contributed by atoms with Crippen LogP contribution in [0.3, 0.4) is 0 Å². The predicted octanol–water partition coefficient (Wildman–Crippen LogP) is 6.85. The van der Waals surface area contributed by atoms with Crippen molar-refractivity contribution in [3.63, 3.8) is 0 Å². The number of unbranched alkanes of at least 4 members (excludes halogenated alkanes) is 9. The number of alkyl carbamates (subject to hydrolysis) is 1. The van der Waals surface area contributed by atoms with Crippen molar-refractivity contribution in [1.82, 2.24) is 5.32 Å². The molecule has 0 spiro atoms. The van der Waals surface area contributed by atoms with Crippen LogP contribution in [0.1, 0.15) is 83.6 Å². The van der Waals surface area contributed by atoms with Crippen molar-refractivity contribution in [1.29, 1.82) is 0 Å². The molecule has 0 heterocycles. The minimum Gasteiger partial charge on any atom is -0.439 e. The van der Waals surface area contributed by atoms with E-state index in [0.717, 1.165) is 50.5 Å². The Labute approximate surface area is 249 Å². The number of aliphatic hydroxyl groups is 1. The van der Waals surface area contributed by atoms with E-state index in [1.165, 1.54) is 31.4 Å². The highest BCUT2D eigenvalue weighted by Crippen LogP contribution is 2.40. The van der Waals surface area contributed by atoms with Crippen LogP contribution in [0.2, 0.25) is 0 Å². The summed E-state index contributed by atoms with van der Waals surface area (Å²) >= 11 is 17.4. The van der Waals surface area contributed by atoms with E-state index < -0.39 is 31.7 Å². The average Bonchev–Trinajstić information content (AvgIpc) is 2.84. The quantitative estimate of drug-likeness (QED) is 0.0918. The van der Waals surface area contributed by atoms with Crippen LogP contribution in [0.15, 0.2) is 29.2 Å². The fourth-order valence-electron chi connectivity index (χ4n) is 3.47. The molecule has 8 nitrogen and oxygen atoms in total. The molecule has 39 heavy (non-hydrogen) atoms. The Balaban J connectivity index is 1.92. The number of benzene rings is 1. The van der Waals surface area contributed by atoms with Crippen LogP contribution >= 0.6 is 34.8 Å². The van der Waals surface area contributed by atoms with Gasteiger partial charge in [-0.3, -0.25) is 4.18 Å². The van der Waals surface area contributed by atoms with E-state index in [4.69, 9.17) is 48.5 Å². The number of carbonyl (C=O) groups excluding carboxylic acids is 1. The van der Waals surface area contributed by atoms with Crippen LogP contribution in [0, 0.1) is 6.92 Å². The van der Waals surface area contributed by atoms with Gasteiger partial charge in [-0.2, -0.15) is 8.42 Å². The zero-order chi connectivity index (χ0) is 29.4. The molecule has 1 atom stereocenters. The summed E-state index contributed by atoms with van der Waals surface area (Å²) in [5, 5.41) is 12.6. The minimum atomic E-state index is -3.89. The zero-order valence-electron chi connectivity index (χ0n) is 23.2. The Bertz CT molecular complexity index is 922. The van der Waals surface area contributed by atoms with Crippen molar-refractivity contribution in [2.45, 2.75) is 105 Å². The normalized spacial score (nSPS) is 13.3. The maximum Gasteiger partial charge on any atom is 0.407 e. The molecular formula is C27H44Cl3NO7S. The van der Waals surface area contributed by atoms with Crippen molar-refractivity contribution < 1.29 is 32.0 Å². The second-order valence-electron chi connectivity index (χ2n) is 10.1. The van der Waals surface area contributed by atoms with E-state index >= 15 is 0 Å². The molecule has 1 amide bonds. The lowest BCUT2D eigenvalue weighted by molar-refractivity contribution is 0.0122. The Morgan fingerprint density at radius 2 is 1.41 bits per heavy atom. The first kappa shape index (κ1) is 36.2. The van der Waals surface area contributed by atoms with Crippen molar-refractivity contribution in [2.75, 3.05) is 26.4 Å². The predicted molar refractivity (Wildman–Crippen MR) is 156 cm³/mol. The largest absolute Gasteiger partial charge is 0.439 e. The van der Waals surface area contributed by atoms with E-state index in [0.29, 0.717) is 13.2 Å². The highest BCUT2D eigenvalue weighted by molar-refractivity contribution is 7.86. The molecule has 0 aliphatic heterocycles. The molecule has 0 aromatic heterocycles. The second kappa shape index (κ2) is 18.6. The van der Waals surface area contributed by atoms with Gasteiger partial charge in [0.25, 0.3) is 10.1 Å². The standard InChI is InChI=1S/C27H44Cl3NO7S/c1-22-14-16-24(17-15-22)39(34,35)37-21-23(32)20-36-19-13-11-9-7-5-4-6-8-10-12-18-31-25(33)38-26(2,3)27(28,29)30/h14-17,23,32H,4-13,18-21H2,1-3H3,(H,31,33)/t23-/m1/s1. The van der Waals surface area contributed by atoms with Gasteiger partial charge in [0.2, 0.25) is 3.79 Å². The van der Waals surface area contributed by atoms with E-state index in [1.807, 2.05) is 6.92 Å². The maximum absolute atomic E-state index is 12.1. The summed E-state index contributed by atoms with van der Waals surface area (Å²) < 4.78 is 38.1. The fraction of sp³-hybridized carbons (Fsp3) is 0.741. The number of carbonyl (C=O) groups is 1. The van der Waals surface area contributed by atoms with Crippen LogP contribution < -0.4 is 5.32 Å². The Morgan fingerprint density at radius 3 is 1.95 bits per heavy atom. The molecule has 0 radical (unpaired) electrons. The third-order valence-corrected chi connectivity index (χ3v) is 8.71. The molecule has 226 valence electrons. The molecule has 0 aliphatic rings. The number of ether oxygens (including phenoxy) is 2. The van der Waals surface area contributed by atoms with E-state index in [-0.39, 0.29) is 18.1 Å². The summed E-state index contributed by atoms with van der Waals surface area (Å²) in [5.41, 5.74) is -0.270. The number of alkyl halides is 3. The lowest BCUT2D eigenvalue weighted by Gasteiger charge is -2.31. The number of aliphatic hydroxyl groups excluding tert-OH is 1. The van der Waals surface area contributed by atoms with E-state index in [9.17, 15) is 18.3 Å². The van der Waals surface area contributed by atoms with Crippen molar-refractivity contribution >= 4 is 51.0 Å². The van der Waals surface area contributed by atoms with Crippen LogP contribution in [0.25, 0.3) is 0 Å². The van der Waals surface area contributed by atoms with Gasteiger partial charge in [-0.05, 0) is 45.7 Å². The van der Waals surface area contributed by atoms with Crippen molar-refractivity contribution in [3.8, 4) is 0 Å². The molecule has 2 N–H and O–H groups in total.